The molecule has 6 nitrogen and oxygen atoms in total. The van der Waals surface area contributed by atoms with E-state index in [4.69, 9.17) is 22.1 Å². The van der Waals surface area contributed by atoms with Crippen molar-refractivity contribution in [1.29, 1.82) is 0 Å². The minimum atomic E-state index is 0.271. The van der Waals surface area contributed by atoms with E-state index in [9.17, 15) is 0 Å². The number of benzene rings is 2. The van der Waals surface area contributed by atoms with Crippen LogP contribution < -0.4 is 10.5 Å². The fourth-order valence-electron chi connectivity index (χ4n) is 2.32. The Morgan fingerprint density at radius 2 is 1.92 bits per heavy atom. The summed E-state index contributed by atoms with van der Waals surface area (Å²) in [6.45, 7) is 0. The first kappa shape index (κ1) is 14.5. The van der Waals surface area contributed by atoms with Crippen LogP contribution in [0.3, 0.4) is 0 Å². The van der Waals surface area contributed by atoms with Gasteiger partial charge in [0.1, 0.15) is 5.75 Å². The highest BCUT2D eigenvalue weighted by Gasteiger charge is 2.13. The number of H-pyrrole nitrogens is 1. The molecule has 118 valence electrons. The summed E-state index contributed by atoms with van der Waals surface area (Å²) >= 11 is 5.96. The Bertz CT molecular complexity index is 997. The Labute approximate surface area is 142 Å². The maximum absolute atomic E-state index is 5.96. The number of nitrogens with two attached hydrogens (primary N) is 1. The van der Waals surface area contributed by atoms with Gasteiger partial charge in [-0.25, -0.2) is 15.0 Å². The predicted octanol–water partition coefficient (Wildman–Crippen LogP) is 4.05. The molecule has 0 aliphatic carbocycles. The second-order valence-electron chi connectivity index (χ2n) is 5.10. The average molecular weight is 338 g/mol. The highest BCUT2D eigenvalue weighted by molar-refractivity contribution is 6.30. The Hall–Kier alpha value is -3.12. The number of hydrogen-bond acceptors (Lipinski definition) is 5. The zero-order chi connectivity index (χ0) is 16.5. The largest absolute Gasteiger partial charge is 0.437 e. The van der Waals surface area contributed by atoms with Gasteiger partial charge in [0.15, 0.2) is 17.3 Å². The molecule has 0 saturated carbocycles. The van der Waals surface area contributed by atoms with E-state index in [0.717, 1.165) is 11.0 Å². The van der Waals surface area contributed by atoms with Crippen LogP contribution in [0.25, 0.3) is 22.6 Å². The lowest BCUT2D eigenvalue weighted by Crippen LogP contribution is -2.00. The summed E-state index contributed by atoms with van der Waals surface area (Å²) in [5, 5.41) is 0.577. The number of hydrogen-bond donors (Lipinski definition) is 2. The van der Waals surface area contributed by atoms with Gasteiger partial charge in [-0.1, -0.05) is 29.8 Å². The molecule has 0 fully saturated rings. The Balaban J connectivity index is 1.73. The SMILES string of the molecule is Nc1ncc(Oc2cccc(Cl)c2)nc1-c1nc2ccccc2[nH]1. The van der Waals surface area contributed by atoms with Crippen molar-refractivity contribution in [3.63, 3.8) is 0 Å². The van der Waals surface area contributed by atoms with Crippen molar-refractivity contribution in [2.75, 3.05) is 5.73 Å². The lowest BCUT2D eigenvalue weighted by Gasteiger charge is -2.07. The summed E-state index contributed by atoms with van der Waals surface area (Å²) in [7, 11) is 0. The molecule has 0 saturated heterocycles. The van der Waals surface area contributed by atoms with Gasteiger partial charge in [0, 0.05) is 5.02 Å². The summed E-state index contributed by atoms with van der Waals surface area (Å²) in [6.07, 6.45) is 1.46. The van der Waals surface area contributed by atoms with Gasteiger partial charge in [-0.15, -0.1) is 0 Å². The summed E-state index contributed by atoms with van der Waals surface area (Å²) in [6, 6.07) is 14.7. The van der Waals surface area contributed by atoms with E-state index in [1.54, 1.807) is 24.3 Å². The van der Waals surface area contributed by atoms with Crippen LogP contribution in [-0.4, -0.2) is 19.9 Å². The number of nitrogen functional groups attached to an aromatic ring is 1. The van der Waals surface area contributed by atoms with Gasteiger partial charge < -0.3 is 15.5 Å². The first-order chi connectivity index (χ1) is 11.7. The molecule has 4 aromatic rings. The summed E-state index contributed by atoms with van der Waals surface area (Å²) < 4.78 is 5.70. The molecule has 0 radical (unpaired) electrons. The van der Waals surface area contributed by atoms with Crippen molar-refractivity contribution < 1.29 is 4.74 Å². The van der Waals surface area contributed by atoms with Crippen LogP contribution in [0, 0.1) is 0 Å². The topological polar surface area (TPSA) is 89.7 Å². The smallest absolute Gasteiger partial charge is 0.238 e. The zero-order valence-electron chi connectivity index (χ0n) is 12.4. The molecule has 0 aliphatic heterocycles. The highest BCUT2D eigenvalue weighted by Crippen LogP contribution is 2.27. The van der Waals surface area contributed by atoms with Crippen molar-refractivity contribution in [2.45, 2.75) is 0 Å². The van der Waals surface area contributed by atoms with E-state index in [2.05, 4.69) is 19.9 Å². The van der Waals surface area contributed by atoms with E-state index in [-0.39, 0.29) is 5.82 Å². The molecule has 0 amide bonds. The third-order valence-corrected chi connectivity index (χ3v) is 3.65. The van der Waals surface area contributed by atoms with Crippen LogP contribution in [0.4, 0.5) is 5.82 Å². The van der Waals surface area contributed by atoms with Crippen LogP contribution in [0.5, 0.6) is 11.6 Å². The van der Waals surface area contributed by atoms with Gasteiger partial charge in [0.05, 0.1) is 17.2 Å². The molecule has 0 bridgehead atoms. The highest BCUT2D eigenvalue weighted by atomic mass is 35.5. The number of nitrogens with one attached hydrogen (secondary N) is 1. The number of fused-ring (bicyclic) bond motifs is 1. The summed E-state index contributed by atoms with van der Waals surface area (Å²) in [5.74, 6) is 1.68. The fourth-order valence-corrected chi connectivity index (χ4v) is 2.50. The van der Waals surface area contributed by atoms with Gasteiger partial charge in [-0.05, 0) is 30.3 Å². The molecule has 24 heavy (non-hydrogen) atoms. The van der Waals surface area contributed by atoms with Gasteiger partial charge >= 0.3 is 0 Å². The molecule has 0 spiro atoms. The van der Waals surface area contributed by atoms with E-state index in [1.165, 1.54) is 6.20 Å². The maximum atomic E-state index is 5.96. The van der Waals surface area contributed by atoms with Gasteiger partial charge in [-0.2, -0.15) is 0 Å². The van der Waals surface area contributed by atoms with Crippen molar-refractivity contribution in [3.8, 4) is 23.1 Å². The molecule has 2 aromatic heterocycles. The monoisotopic (exact) mass is 337 g/mol. The maximum Gasteiger partial charge on any atom is 0.238 e. The molecule has 2 aromatic carbocycles. The van der Waals surface area contributed by atoms with Crippen molar-refractivity contribution in [3.05, 3.63) is 59.8 Å². The lowest BCUT2D eigenvalue weighted by atomic mass is 10.3. The van der Waals surface area contributed by atoms with Gasteiger partial charge in [-0.3, -0.25) is 0 Å². The van der Waals surface area contributed by atoms with Crippen molar-refractivity contribution >= 4 is 28.5 Å². The second kappa shape index (κ2) is 5.82. The molecule has 3 N–H and O–H groups in total. The average Bonchev–Trinajstić information content (AvgIpc) is 3.00. The number of aromatic nitrogens is 4. The van der Waals surface area contributed by atoms with Crippen molar-refractivity contribution in [2.24, 2.45) is 0 Å². The normalized spacial score (nSPS) is 10.9. The molecular formula is C17H12ClN5O. The molecule has 0 aliphatic rings. The van der Waals surface area contributed by atoms with Crippen LogP contribution in [0.1, 0.15) is 0 Å². The number of aromatic amines is 1. The third-order valence-electron chi connectivity index (χ3n) is 3.41. The zero-order valence-corrected chi connectivity index (χ0v) is 13.2. The fraction of sp³-hybridized carbons (Fsp3) is 0. The number of anilines is 1. The van der Waals surface area contributed by atoms with E-state index in [1.807, 2.05) is 24.3 Å². The van der Waals surface area contributed by atoms with Crippen LogP contribution in [0.15, 0.2) is 54.7 Å². The van der Waals surface area contributed by atoms with Crippen LogP contribution >= 0.6 is 11.6 Å². The minimum Gasteiger partial charge on any atom is -0.437 e. The van der Waals surface area contributed by atoms with Crippen molar-refractivity contribution in [1.82, 2.24) is 19.9 Å². The number of halogens is 1. The van der Waals surface area contributed by atoms with Gasteiger partial charge in [0.25, 0.3) is 0 Å². The Morgan fingerprint density at radius 1 is 1.04 bits per heavy atom. The molecular weight excluding hydrogens is 326 g/mol. The minimum absolute atomic E-state index is 0.271. The number of imidazole rings is 1. The van der Waals surface area contributed by atoms with E-state index < -0.39 is 0 Å². The molecule has 4 rings (SSSR count). The van der Waals surface area contributed by atoms with Gasteiger partial charge in [0.2, 0.25) is 5.88 Å². The standard InChI is InChI=1S/C17H12ClN5O/c18-10-4-3-5-11(8-10)24-14-9-20-16(19)15(23-14)17-21-12-6-1-2-7-13(12)22-17/h1-9H,(H2,19,20)(H,21,22). The van der Waals surface area contributed by atoms with Crippen LogP contribution in [0.2, 0.25) is 5.02 Å². The summed E-state index contributed by atoms with van der Waals surface area (Å²) in [5.41, 5.74) is 8.11. The second-order valence-corrected chi connectivity index (χ2v) is 5.54. The third kappa shape index (κ3) is 2.75. The number of para-hydroxylation sites is 2. The number of nitrogens with zero attached hydrogens (tertiary/aromatic N) is 3. The number of rotatable bonds is 3. The molecule has 2 heterocycles. The van der Waals surface area contributed by atoms with Crippen LogP contribution in [-0.2, 0) is 0 Å². The Morgan fingerprint density at radius 3 is 2.75 bits per heavy atom. The quantitative estimate of drug-likeness (QED) is 0.588. The predicted molar refractivity (Wildman–Crippen MR) is 93.1 cm³/mol. The molecule has 0 unspecified atom stereocenters. The first-order valence-electron chi connectivity index (χ1n) is 7.20. The van der Waals surface area contributed by atoms with E-state index >= 15 is 0 Å². The molecule has 0 atom stereocenters. The first-order valence-corrected chi connectivity index (χ1v) is 7.58. The summed E-state index contributed by atoms with van der Waals surface area (Å²) in [4.78, 5) is 16.2. The Kier molecular flexibility index (Phi) is 3.51. The lowest BCUT2D eigenvalue weighted by molar-refractivity contribution is 0.461. The van der Waals surface area contributed by atoms with E-state index in [0.29, 0.717) is 28.2 Å². The molecule has 7 heteroatoms. The number of ether oxygens (including phenoxy) is 1.